The number of hydrogen-bond donors (Lipinski definition) is 0. The van der Waals surface area contributed by atoms with Crippen molar-refractivity contribution in [3.63, 3.8) is 0 Å². The molecule has 0 saturated heterocycles. The van der Waals surface area contributed by atoms with Gasteiger partial charge in [-0.3, -0.25) is 4.79 Å². The predicted molar refractivity (Wildman–Crippen MR) is 83.3 cm³/mol. The van der Waals surface area contributed by atoms with Gasteiger partial charge in [0.15, 0.2) is 5.76 Å². The zero-order chi connectivity index (χ0) is 14.3. The fourth-order valence-corrected chi connectivity index (χ4v) is 2.59. The molecule has 0 N–H and O–H groups in total. The highest BCUT2D eigenvalue weighted by atomic mass is 79.9. The van der Waals surface area contributed by atoms with Crippen molar-refractivity contribution in [3.05, 3.63) is 69.4 Å². The molecule has 3 rings (SSSR count). The lowest BCUT2D eigenvalue weighted by Gasteiger charge is -1.99. The molecule has 0 aliphatic rings. The van der Waals surface area contributed by atoms with Gasteiger partial charge in [-0.15, -0.1) is 0 Å². The zero-order valence-corrected chi connectivity index (χ0v) is 12.8. The van der Waals surface area contributed by atoms with Gasteiger partial charge in [0, 0.05) is 21.0 Å². The molecule has 0 bridgehead atoms. The Kier molecular flexibility index (Phi) is 3.22. The molecule has 3 heteroatoms. The van der Waals surface area contributed by atoms with Crippen LogP contribution in [0.1, 0.15) is 27.2 Å². The second-order valence-electron chi connectivity index (χ2n) is 4.89. The highest BCUT2D eigenvalue weighted by molar-refractivity contribution is 9.10. The second kappa shape index (κ2) is 4.91. The fourth-order valence-electron chi connectivity index (χ4n) is 2.25. The first-order chi connectivity index (χ1) is 9.56. The lowest BCUT2D eigenvalue weighted by Crippen LogP contribution is -2.01. The van der Waals surface area contributed by atoms with Crippen LogP contribution in [0.4, 0.5) is 0 Å². The SMILES string of the molecule is Cc1ccc(C(=O)c2oc3cc(Br)ccc3c2C)cc1. The third kappa shape index (κ3) is 2.18. The van der Waals surface area contributed by atoms with Crippen molar-refractivity contribution < 1.29 is 9.21 Å². The van der Waals surface area contributed by atoms with Gasteiger partial charge in [0.05, 0.1) is 0 Å². The van der Waals surface area contributed by atoms with Gasteiger partial charge in [-0.05, 0) is 32.0 Å². The monoisotopic (exact) mass is 328 g/mol. The number of furan rings is 1. The van der Waals surface area contributed by atoms with Crippen LogP contribution in [0.2, 0.25) is 0 Å². The van der Waals surface area contributed by atoms with Gasteiger partial charge in [0.1, 0.15) is 5.58 Å². The standard InChI is InChI=1S/C17H13BrO2/c1-10-3-5-12(6-4-10)16(19)17-11(2)14-8-7-13(18)9-15(14)20-17/h3-9H,1-2H3. The molecule has 2 nitrogen and oxygen atoms in total. The molecular formula is C17H13BrO2. The summed E-state index contributed by atoms with van der Waals surface area (Å²) < 4.78 is 6.68. The van der Waals surface area contributed by atoms with Crippen molar-refractivity contribution in [2.45, 2.75) is 13.8 Å². The minimum Gasteiger partial charge on any atom is -0.452 e. The molecule has 0 unspecified atom stereocenters. The van der Waals surface area contributed by atoms with Crippen LogP contribution in [-0.4, -0.2) is 5.78 Å². The molecule has 0 saturated carbocycles. The number of carbonyl (C=O) groups excluding carboxylic acids is 1. The molecule has 0 aliphatic carbocycles. The summed E-state index contributed by atoms with van der Waals surface area (Å²) in [4.78, 5) is 12.5. The molecule has 0 spiro atoms. The topological polar surface area (TPSA) is 30.2 Å². The van der Waals surface area contributed by atoms with Gasteiger partial charge in [-0.25, -0.2) is 0 Å². The van der Waals surface area contributed by atoms with Gasteiger partial charge >= 0.3 is 0 Å². The van der Waals surface area contributed by atoms with Crippen LogP contribution in [0, 0.1) is 13.8 Å². The van der Waals surface area contributed by atoms with Crippen LogP contribution in [0.5, 0.6) is 0 Å². The van der Waals surface area contributed by atoms with Crippen LogP contribution < -0.4 is 0 Å². The Morgan fingerprint density at radius 1 is 1.05 bits per heavy atom. The molecule has 3 aromatic rings. The van der Waals surface area contributed by atoms with Crippen molar-refractivity contribution in [1.82, 2.24) is 0 Å². The van der Waals surface area contributed by atoms with Crippen molar-refractivity contribution in [3.8, 4) is 0 Å². The highest BCUT2D eigenvalue weighted by Crippen LogP contribution is 2.29. The first-order valence-electron chi connectivity index (χ1n) is 6.36. The number of hydrogen-bond acceptors (Lipinski definition) is 2. The van der Waals surface area contributed by atoms with E-state index in [2.05, 4.69) is 15.9 Å². The molecule has 0 aliphatic heterocycles. The van der Waals surface area contributed by atoms with Gasteiger partial charge in [-0.2, -0.15) is 0 Å². The first kappa shape index (κ1) is 13.1. The third-order valence-corrected chi connectivity index (χ3v) is 3.91. The van der Waals surface area contributed by atoms with E-state index in [1.165, 1.54) is 0 Å². The maximum absolute atomic E-state index is 12.5. The minimum atomic E-state index is -0.0742. The molecule has 0 amide bonds. The number of halogens is 1. The highest BCUT2D eigenvalue weighted by Gasteiger charge is 2.19. The van der Waals surface area contributed by atoms with E-state index in [0.717, 1.165) is 26.6 Å². The van der Waals surface area contributed by atoms with E-state index in [1.54, 1.807) is 0 Å². The maximum atomic E-state index is 12.5. The summed E-state index contributed by atoms with van der Waals surface area (Å²) in [6, 6.07) is 13.3. The summed E-state index contributed by atoms with van der Waals surface area (Å²) in [5, 5.41) is 0.976. The van der Waals surface area contributed by atoms with E-state index in [1.807, 2.05) is 56.3 Å². The van der Waals surface area contributed by atoms with Crippen molar-refractivity contribution in [1.29, 1.82) is 0 Å². The minimum absolute atomic E-state index is 0.0742. The number of benzene rings is 2. The molecule has 0 radical (unpaired) electrons. The molecule has 100 valence electrons. The summed E-state index contributed by atoms with van der Waals surface area (Å²) in [6.07, 6.45) is 0. The van der Waals surface area contributed by atoms with Gasteiger partial charge in [-0.1, -0.05) is 45.8 Å². The molecule has 1 heterocycles. The summed E-state index contributed by atoms with van der Waals surface area (Å²) in [5.41, 5.74) is 3.40. The van der Waals surface area contributed by atoms with Gasteiger partial charge in [0.25, 0.3) is 0 Å². The van der Waals surface area contributed by atoms with E-state index < -0.39 is 0 Å². The smallest absolute Gasteiger partial charge is 0.228 e. The Balaban J connectivity index is 2.12. The fraction of sp³-hybridized carbons (Fsp3) is 0.118. The van der Waals surface area contributed by atoms with Gasteiger partial charge in [0.2, 0.25) is 5.78 Å². The average Bonchev–Trinajstić information content (AvgIpc) is 2.75. The third-order valence-electron chi connectivity index (χ3n) is 3.42. The van der Waals surface area contributed by atoms with Crippen LogP contribution in [0.15, 0.2) is 51.4 Å². The largest absolute Gasteiger partial charge is 0.452 e. The molecular weight excluding hydrogens is 316 g/mol. The van der Waals surface area contributed by atoms with Crippen LogP contribution in [0.3, 0.4) is 0 Å². The first-order valence-corrected chi connectivity index (χ1v) is 7.15. The predicted octanol–water partition coefficient (Wildman–Crippen LogP) is 5.04. The van der Waals surface area contributed by atoms with Crippen LogP contribution >= 0.6 is 15.9 Å². The Morgan fingerprint density at radius 2 is 1.75 bits per heavy atom. The number of aryl methyl sites for hydroxylation is 2. The summed E-state index contributed by atoms with van der Waals surface area (Å²) in [5.74, 6) is 0.344. The summed E-state index contributed by atoms with van der Waals surface area (Å²) in [6.45, 7) is 3.92. The molecule has 0 fully saturated rings. The Bertz CT molecular complexity index is 798. The molecule has 20 heavy (non-hydrogen) atoms. The summed E-state index contributed by atoms with van der Waals surface area (Å²) in [7, 11) is 0. The van der Waals surface area contributed by atoms with E-state index in [-0.39, 0.29) is 5.78 Å². The average molecular weight is 329 g/mol. The van der Waals surface area contributed by atoms with E-state index in [0.29, 0.717) is 11.3 Å². The zero-order valence-electron chi connectivity index (χ0n) is 11.2. The van der Waals surface area contributed by atoms with Crippen molar-refractivity contribution in [2.24, 2.45) is 0 Å². The van der Waals surface area contributed by atoms with E-state index in [4.69, 9.17) is 4.42 Å². The lowest BCUT2D eigenvalue weighted by atomic mass is 10.0. The lowest BCUT2D eigenvalue weighted by molar-refractivity contribution is 0.101. The number of rotatable bonds is 2. The maximum Gasteiger partial charge on any atom is 0.228 e. The molecule has 2 aromatic carbocycles. The van der Waals surface area contributed by atoms with Crippen molar-refractivity contribution in [2.75, 3.05) is 0 Å². The summed E-state index contributed by atoms with van der Waals surface area (Å²) >= 11 is 3.41. The molecule has 0 atom stereocenters. The molecule has 1 aromatic heterocycles. The van der Waals surface area contributed by atoms with E-state index >= 15 is 0 Å². The van der Waals surface area contributed by atoms with Crippen molar-refractivity contribution >= 4 is 32.7 Å². The Labute approximate surface area is 125 Å². The Morgan fingerprint density at radius 3 is 2.45 bits per heavy atom. The normalized spacial score (nSPS) is 10.9. The number of fused-ring (bicyclic) bond motifs is 1. The van der Waals surface area contributed by atoms with Crippen LogP contribution in [0.25, 0.3) is 11.0 Å². The second-order valence-corrected chi connectivity index (χ2v) is 5.81. The van der Waals surface area contributed by atoms with E-state index in [9.17, 15) is 4.79 Å². The van der Waals surface area contributed by atoms with Gasteiger partial charge < -0.3 is 4.42 Å². The van der Waals surface area contributed by atoms with Crippen LogP contribution in [-0.2, 0) is 0 Å². The number of ketones is 1. The number of carbonyl (C=O) groups is 1. The quantitative estimate of drug-likeness (QED) is 0.616. The Hall–Kier alpha value is -1.87.